The lowest BCUT2D eigenvalue weighted by atomic mass is 10.1. The third-order valence-electron chi connectivity index (χ3n) is 1.04. The fourth-order valence-electron chi connectivity index (χ4n) is 0.609. The Kier molecular flexibility index (Phi) is 6.29. The molecule has 0 amide bonds. The van der Waals surface area contributed by atoms with Crippen molar-refractivity contribution in [1.29, 1.82) is 0 Å². The topological polar surface area (TPSA) is 98.3 Å². The number of aliphatic carboxylic acids is 1. The SMILES string of the molecule is CC(C)CC(N)C(=O)O.N. The van der Waals surface area contributed by atoms with Crippen molar-refractivity contribution in [3.05, 3.63) is 0 Å². The monoisotopic (exact) mass is 148 g/mol. The van der Waals surface area contributed by atoms with E-state index in [2.05, 4.69) is 0 Å². The molecule has 0 aliphatic heterocycles. The van der Waals surface area contributed by atoms with Gasteiger partial charge < -0.3 is 17.0 Å². The average molecular weight is 148 g/mol. The summed E-state index contributed by atoms with van der Waals surface area (Å²) in [5.74, 6) is -0.556. The van der Waals surface area contributed by atoms with Gasteiger partial charge >= 0.3 is 5.97 Å². The number of carboxylic acid groups (broad SMARTS) is 1. The highest BCUT2D eigenvalue weighted by molar-refractivity contribution is 5.72. The normalized spacial score (nSPS) is 12.4. The highest BCUT2D eigenvalue weighted by Crippen LogP contribution is 2.01. The summed E-state index contributed by atoms with van der Waals surface area (Å²) in [6.07, 6.45) is 0.551. The van der Waals surface area contributed by atoms with Gasteiger partial charge in [0.1, 0.15) is 6.04 Å². The van der Waals surface area contributed by atoms with Gasteiger partial charge in [0.25, 0.3) is 0 Å². The van der Waals surface area contributed by atoms with Crippen molar-refractivity contribution in [3.8, 4) is 0 Å². The van der Waals surface area contributed by atoms with E-state index >= 15 is 0 Å². The Labute approximate surface area is 61.0 Å². The van der Waals surface area contributed by atoms with E-state index in [1.807, 2.05) is 13.8 Å². The van der Waals surface area contributed by atoms with Gasteiger partial charge in [0, 0.05) is 0 Å². The quantitative estimate of drug-likeness (QED) is 0.546. The maximum atomic E-state index is 10.1. The Morgan fingerprint density at radius 3 is 2.10 bits per heavy atom. The maximum absolute atomic E-state index is 10.1. The van der Waals surface area contributed by atoms with Gasteiger partial charge in [-0.25, -0.2) is 0 Å². The molecule has 0 aliphatic carbocycles. The fraction of sp³-hybridized carbons (Fsp3) is 0.833. The van der Waals surface area contributed by atoms with Gasteiger partial charge in [0.15, 0.2) is 0 Å². The summed E-state index contributed by atoms with van der Waals surface area (Å²) in [5.41, 5.74) is 5.22. The number of rotatable bonds is 3. The van der Waals surface area contributed by atoms with Crippen LogP contribution < -0.4 is 11.9 Å². The van der Waals surface area contributed by atoms with Gasteiger partial charge in [-0.3, -0.25) is 4.79 Å². The second-order valence-electron chi connectivity index (χ2n) is 2.57. The van der Waals surface area contributed by atoms with Crippen LogP contribution >= 0.6 is 0 Å². The Morgan fingerprint density at radius 2 is 2.00 bits per heavy atom. The smallest absolute Gasteiger partial charge is 0.320 e. The second-order valence-corrected chi connectivity index (χ2v) is 2.57. The van der Waals surface area contributed by atoms with Crippen molar-refractivity contribution >= 4 is 5.97 Å². The molecule has 0 heterocycles. The van der Waals surface area contributed by atoms with Crippen molar-refractivity contribution in [3.63, 3.8) is 0 Å². The predicted octanol–water partition coefficient (Wildman–Crippen LogP) is 0.606. The number of nitrogens with two attached hydrogens (primary N) is 1. The molecule has 4 heteroatoms. The molecule has 0 saturated heterocycles. The lowest BCUT2D eigenvalue weighted by molar-refractivity contribution is -0.138. The van der Waals surface area contributed by atoms with Crippen LogP contribution in [0.5, 0.6) is 0 Å². The average Bonchev–Trinajstić information content (AvgIpc) is 1.63. The number of carbonyl (C=O) groups is 1. The molecular weight excluding hydrogens is 132 g/mol. The fourth-order valence-corrected chi connectivity index (χ4v) is 0.609. The molecule has 6 N–H and O–H groups in total. The Bertz CT molecular complexity index is 104. The van der Waals surface area contributed by atoms with Gasteiger partial charge in [-0.15, -0.1) is 0 Å². The van der Waals surface area contributed by atoms with Gasteiger partial charge in [0.05, 0.1) is 0 Å². The van der Waals surface area contributed by atoms with E-state index in [1.165, 1.54) is 0 Å². The minimum Gasteiger partial charge on any atom is -0.480 e. The van der Waals surface area contributed by atoms with Gasteiger partial charge in [0.2, 0.25) is 0 Å². The van der Waals surface area contributed by atoms with Gasteiger partial charge in [-0.05, 0) is 12.3 Å². The summed E-state index contributed by atoms with van der Waals surface area (Å²) in [5, 5.41) is 8.31. The largest absolute Gasteiger partial charge is 0.480 e. The zero-order chi connectivity index (χ0) is 7.44. The van der Waals surface area contributed by atoms with Crippen LogP contribution in [0.4, 0.5) is 0 Å². The van der Waals surface area contributed by atoms with Crippen LogP contribution in [-0.2, 0) is 4.79 Å². The minimum atomic E-state index is -0.913. The molecule has 0 radical (unpaired) electrons. The second kappa shape index (κ2) is 5.20. The van der Waals surface area contributed by atoms with E-state index in [-0.39, 0.29) is 6.15 Å². The van der Waals surface area contributed by atoms with Crippen LogP contribution in [0.1, 0.15) is 20.3 Å². The van der Waals surface area contributed by atoms with Crippen LogP contribution in [0, 0.1) is 5.92 Å². The first-order valence-electron chi connectivity index (χ1n) is 3.02. The van der Waals surface area contributed by atoms with Crippen LogP contribution in [0.15, 0.2) is 0 Å². The Hall–Kier alpha value is -0.610. The summed E-state index contributed by atoms with van der Waals surface area (Å²) >= 11 is 0. The van der Waals surface area contributed by atoms with Gasteiger partial charge in [-0.2, -0.15) is 0 Å². The van der Waals surface area contributed by atoms with Crippen molar-refractivity contribution < 1.29 is 9.90 Å². The van der Waals surface area contributed by atoms with E-state index < -0.39 is 12.0 Å². The van der Waals surface area contributed by atoms with Crippen molar-refractivity contribution in [2.75, 3.05) is 0 Å². The van der Waals surface area contributed by atoms with Crippen LogP contribution in [0.25, 0.3) is 0 Å². The molecule has 0 bridgehead atoms. The molecule has 1 atom stereocenters. The molecular formula is C6H16N2O2. The third kappa shape index (κ3) is 5.53. The molecule has 10 heavy (non-hydrogen) atoms. The van der Waals surface area contributed by atoms with E-state index in [4.69, 9.17) is 10.8 Å². The molecule has 4 nitrogen and oxygen atoms in total. The highest BCUT2D eigenvalue weighted by atomic mass is 16.4. The lowest BCUT2D eigenvalue weighted by Gasteiger charge is -2.07. The zero-order valence-electron chi connectivity index (χ0n) is 6.50. The number of hydrogen-bond acceptors (Lipinski definition) is 3. The first kappa shape index (κ1) is 12.1. The van der Waals surface area contributed by atoms with Crippen molar-refractivity contribution in [2.45, 2.75) is 26.3 Å². The molecule has 0 aromatic rings. The third-order valence-corrected chi connectivity index (χ3v) is 1.04. The Balaban J connectivity index is 0. The molecule has 0 aromatic heterocycles. The number of hydrogen-bond donors (Lipinski definition) is 3. The van der Waals surface area contributed by atoms with E-state index in [1.54, 1.807) is 0 Å². The molecule has 1 unspecified atom stereocenters. The molecule has 0 fully saturated rings. The van der Waals surface area contributed by atoms with E-state index in [0.717, 1.165) is 0 Å². The summed E-state index contributed by atoms with van der Waals surface area (Å²) in [6, 6.07) is -0.690. The molecule has 0 aliphatic rings. The number of carboxylic acids is 1. The standard InChI is InChI=1S/C6H13NO2.H3N/c1-4(2)3-5(7)6(8)9;/h4-5H,3,7H2,1-2H3,(H,8,9);1H3. The van der Waals surface area contributed by atoms with Gasteiger partial charge in [-0.1, -0.05) is 13.8 Å². The lowest BCUT2D eigenvalue weighted by Crippen LogP contribution is -2.31. The summed E-state index contributed by atoms with van der Waals surface area (Å²) in [6.45, 7) is 3.89. The molecule has 0 rings (SSSR count). The van der Waals surface area contributed by atoms with Crippen LogP contribution in [0.3, 0.4) is 0 Å². The molecule has 0 saturated carbocycles. The molecule has 0 aromatic carbocycles. The predicted molar refractivity (Wildman–Crippen MR) is 40.1 cm³/mol. The van der Waals surface area contributed by atoms with E-state index in [0.29, 0.717) is 12.3 Å². The minimum absolute atomic E-state index is 0. The maximum Gasteiger partial charge on any atom is 0.320 e. The molecule has 0 spiro atoms. The summed E-state index contributed by atoms with van der Waals surface area (Å²) in [7, 11) is 0. The molecule has 62 valence electrons. The highest BCUT2D eigenvalue weighted by Gasteiger charge is 2.11. The zero-order valence-corrected chi connectivity index (χ0v) is 6.50. The van der Waals surface area contributed by atoms with Crippen LogP contribution in [0.2, 0.25) is 0 Å². The van der Waals surface area contributed by atoms with E-state index in [9.17, 15) is 4.79 Å². The first-order chi connectivity index (χ1) is 4.04. The summed E-state index contributed by atoms with van der Waals surface area (Å²) in [4.78, 5) is 10.1. The first-order valence-corrected chi connectivity index (χ1v) is 3.02. The summed E-state index contributed by atoms with van der Waals surface area (Å²) < 4.78 is 0. The van der Waals surface area contributed by atoms with Crippen molar-refractivity contribution in [2.24, 2.45) is 11.7 Å². The Morgan fingerprint density at radius 1 is 1.60 bits per heavy atom. The van der Waals surface area contributed by atoms with Crippen molar-refractivity contribution in [1.82, 2.24) is 6.15 Å². The van der Waals surface area contributed by atoms with Crippen LogP contribution in [-0.4, -0.2) is 17.1 Å².